The number of carbonyl (C=O) groups is 2. The van der Waals surface area contributed by atoms with Crippen LogP contribution in [0.1, 0.15) is 32.8 Å². The molecule has 1 saturated heterocycles. The topological polar surface area (TPSA) is 68.3 Å². The van der Waals surface area contributed by atoms with Gasteiger partial charge in [0.1, 0.15) is 12.2 Å². The van der Waals surface area contributed by atoms with Crippen LogP contribution in [-0.2, 0) is 25.6 Å². The first kappa shape index (κ1) is 22.2. The normalized spacial score (nSPS) is 15.3. The molecule has 0 unspecified atom stereocenters. The number of carbonyl (C=O) groups excluding carboxylic acids is 2. The van der Waals surface area contributed by atoms with E-state index in [4.69, 9.17) is 14.2 Å². The lowest BCUT2D eigenvalue weighted by molar-refractivity contribution is -0.156. The third kappa shape index (κ3) is 8.71. The highest BCUT2D eigenvalue weighted by atomic mass is 16.6. The van der Waals surface area contributed by atoms with E-state index in [2.05, 4.69) is 4.90 Å². The lowest BCUT2D eigenvalue weighted by Crippen LogP contribution is -2.49. The smallest absolute Gasteiger partial charge is 0.410 e. The summed E-state index contributed by atoms with van der Waals surface area (Å²) in [6, 6.07) is 9.67. The van der Waals surface area contributed by atoms with Gasteiger partial charge in [0.05, 0.1) is 19.6 Å². The van der Waals surface area contributed by atoms with Crippen molar-refractivity contribution >= 4 is 12.1 Å². The molecule has 1 aromatic carbocycles. The fourth-order valence-corrected chi connectivity index (χ4v) is 2.81. The van der Waals surface area contributed by atoms with E-state index in [1.807, 2.05) is 51.1 Å². The summed E-state index contributed by atoms with van der Waals surface area (Å²) >= 11 is 0. The molecule has 0 radical (unpaired) electrons. The molecule has 0 saturated carbocycles. The molecule has 1 aromatic rings. The number of hydrogen-bond acceptors (Lipinski definition) is 6. The van der Waals surface area contributed by atoms with Gasteiger partial charge in [0.2, 0.25) is 0 Å². The Morgan fingerprint density at radius 3 is 2.32 bits per heavy atom. The lowest BCUT2D eigenvalue weighted by atomic mass is 10.2. The molecule has 0 atom stereocenters. The van der Waals surface area contributed by atoms with Gasteiger partial charge in [0.15, 0.2) is 0 Å². The third-order valence-electron chi connectivity index (χ3n) is 4.26. The first-order valence-corrected chi connectivity index (χ1v) is 9.81. The van der Waals surface area contributed by atoms with Crippen LogP contribution in [0.3, 0.4) is 0 Å². The minimum atomic E-state index is -0.459. The first-order valence-electron chi connectivity index (χ1n) is 9.81. The lowest BCUT2D eigenvalue weighted by Gasteiger charge is -2.33. The van der Waals surface area contributed by atoms with E-state index in [-0.39, 0.29) is 18.5 Å². The fourth-order valence-electron chi connectivity index (χ4n) is 2.81. The molecule has 1 heterocycles. The number of rotatable bonds is 8. The van der Waals surface area contributed by atoms with Crippen molar-refractivity contribution in [1.82, 2.24) is 9.80 Å². The average Bonchev–Trinajstić information content (AvgIpc) is 2.66. The van der Waals surface area contributed by atoms with Crippen molar-refractivity contribution in [3.63, 3.8) is 0 Å². The Hall–Kier alpha value is -2.12. The molecular weight excluding hydrogens is 360 g/mol. The standard InChI is InChI=1S/C21H32N2O5/c1-21(2,3)28-19(24)9-15-26-16-14-22-10-12-23(13-11-22)20(25)27-17-18-7-5-4-6-8-18/h4-8H,9-17H2,1-3H3. The van der Waals surface area contributed by atoms with Crippen LogP contribution in [-0.4, -0.2) is 73.4 Å². The van der Waals surface area contributed by atoms with Gasteiger partial charge in [-0.25, -0.2) is 4.79 Å². The zero-order valence-corrected chi connectivity index (χ0v) is 17.2. The minimum Gasteiger partial charge on any atom is -0.460 e. The maximum Gasteiger partial charge on any atom is 0.410 e. The second-order valence-corrected chi connectivity index (χ2v) is 7.82. The summed E-state index contributed by atoms with van der Waals surface area (Å²) in [7, 11) is 0. The van der Waals surface area contributed by atoms with Crippen LogP contribution in [0.25, 0.3) is 0 Å². The molecule has 28 heavy (non-hydrogen) atoms. The quantitative estimate of drug-likeness (QED) is 0.501. The van der Waals surface area contributed by atoms with Gasteiger partial charge >= 0.3 is 12.1 Å². The van der Waals surface area contributed by atoms with E-state index in [9.17, 15) is 9.59 Å². The van der Waals surface area contributed by atoms with Crippen LogP contribution < -0.4 is 0 Å². The Bertz CT molecular complexity index is 607. The minimum absolute atomic E-state index is 0.241. The monoisotopic (exact) mass is 392 g/mol. The maximum absolute atomic E-state index is 12.2. The molecule has 156 valence electrons. The van der Waals surface area contributed by atoms with Crippen LogP contribution in [0, 0.1) is 0 Å². The molecule has 1 aliphatic heterocycles. The highest BCUT2D eigenvalue weighted by molar-refractivity contribution is 5.69. The zero-order chi connectivity index (χ0) is 20.4. The van der Waals surface area contributed by atoms with E-state index >= 15 is 0 Å². The Kier molecular flexibility index (Phi) is 8.73. The van der Waals surface area contributed by atoms with E-state index < -0.39 is 5.60 Å². The summed E-state index contributed by atoms with van der Waals surface area (Å²) in [6.07, 6.45) is -0.00436. The molecule has 2 rings (SSSR count). The molecule has 0 aliphatic carbocycles. The van der Waals surface area contributed by atoms with E-state index in [1.54, 1.807) is 4.90 Å². The Morgan fingerprint density at radius 1 is 1.00 bits per heavy atom. The number of benzene rings is 1. The van der Waals surface area contributed by atoms with Gasteiger partial charge < -0.3 is 19.1 Å². The fraction of sp³-hybridized carbons (Fsp3) is 0.619. The molecule has 1 fully saturated rings. The van der Waals surface area contributed by atoms with Crippen LogP contribution in [0.5, 0.6) is 0 Å². The second-order valence-electron chi connectivity index (χ2n) is 7.82. The van der Waals surface area contributed by atoms with E-state index in [0.29, 0.717) is 32.9 Å². The van der Waals surface area contributed by atoms with Crippen molar-refractivity contribution in [1.29, 1.82) is 0 Å². The van der Waals surface area contributed by atoms with Gasteiger partial charge in [-0.3, -0.25) is 9.69 Å². The molecular formula is C21H32N2O5. The van der Waals surface area contributed by atoms with Crippen molar-refractivity contribution in [2.24, 2.45) is 0 Å². The molecule has 0 spiro atoms. The van der Waals surface area contributed by atoms with Crippen LogP contribution in [0.2, 0.25) is 0 Å². The van der Waals surface area contributed by atoms with E-state index in [0.717, 1.165) is 25.2 Å². The van der Waals surface area contributed by atoms with E-state index in [1.165, 1.54) is 0 Å². The number of amides is 1. The Morgan fingerprint density at radius 2 is 1.68 bits per heavy atom. The molecule has 1 aliphatic rings. The third-order valence-corrected chi connectivity index (χ3v) is 4.26. The highest BCUT2D eigenvalue weighted by Crippen LogP contribution is 2.09. The second kappa shape index (κ2) is 11.0. The molecule has 1 amide bonds. The molecule has 7 heteroatoms. The van der Waals surface area contributed by atoms with Crippen molar-refractivity contribution in [3.05, 3.63) is 35.9 Å². The predicted molar refractivity (Wildman–Crippen MR) is 106 cm³/mol. The van der Waals surface area contributed by atoms with Gasteiger partial charge in [0, 0.05) is 32.7 Å². The SMILES string of the molecule is CC(C)(C)OC(=O)CCOCCN1CCN(C(=O)OCc2ccccc2)CC1. The summed E-state index contributed by atoms with van der Waals surface area (Å²) in [6.45, 7) is 10.4. The van der Waals surface area contributed by atoms with Gasteiger partial charge in [0.25, 0.3) is 0 Å². The first-order chi connectivity index (χ1) is 13.3. The van der Waals surface area contributed by atoms with Crippen molar-refractivity contribution in [2.45, 2.75) is 39.4 Å². The van der Waals surface area contributed by atoms with Crippen molar-refractivity contribution < 1.29 is 23.8 Å². The number of hydrogen-bond donors (Lipinski definition) is 0. The highest BCUT2D eigenvalue weighted by Gasteiger charge is 2.22. The van der Waals surface area contributed by atoms with Gasteiger partial charge in [-0.1, -0.05) is 30.3 Å². The van der Waals surface area contributed by atoms with Crippen LogP contribution >= 0.6 is 0 Å². The predicted octanol–water partition coefficient (Wildman–Crippen LogP) is 2.69. The average molecular weight is 392 g/mol. The Balaban J connectivity index is 1.53. The number of esters is 1. The summed E-state index contributed by atoms with van der Waals surface area (Å²) in [5.41, 5.74) is 0.525. The molecule has 7 nitrogen and oxygen atoms in total. The summed E-state index contributed by atoms with van der Waals surface area (Å²) in [5, 5.41) is 0. The molecule has 0 N–H and O–H groups in total. The number of nitrogens with zero attached hydrogens (tertiary/aromatic N) is 2. The molecule has 0 aromatic heterocycles. The van der Waals surface area contributed by atoms with Gasteiger partial charge in [-0.05, 0) is 26.3 Å². The van der Waals surface area contributed by atoms with Crippen LogP contribution in [0.15, 0.2) is 30.3 Å². The summed E-state index contributed by atoms with van der Waals surface area (Å²) < 4.78 is 16.1. The Labute approximate surface area is 167 Å². The number of piperazine rings is 1. The molecule has 0 bridgehead atoms. The van der Waals surface area contributed by atoms with Crippen LogP contribution in [0.4, 0.5) is 4.79 Å². The zero-order valence-electron chi connectivity index (χ0n) is 17.2. The van der Waals surface area contributed by atoms with Gasteiger partial charge in [-0.2, -0.15) is 0 Å². The summed E-state index contributed by atoms with van der Waals surface area (Å²) in [4.78, 5) is 27.7. The van der Waals surface area contributed by atoms with Crippen molar-refractivity contribution in [2.75, 3.05) is 45.9 Å². The maximum atomic E-state index is 12.2. The number of ether oxygens (including phenoxy) is 3. The van der Waals surface area contributed by atoms with Crippen molar-refractivity contribution in [3.8, 4) is 0 Å². The summed E-state index contributed by atoms with van der Waals surface area (Å²) in [5.74, 6) is -0.241. The van der Waals surface area contributed by atoms with Gasteiger partial charge in [-0.15, -0.1) is 0 Å². The largest absolute Gasteiger partial charge is 0.460 e.